The minimum atomic E-state index is -4.47. The first-order valence-corrected chi connectivity index (χ1v) is 4.76. The number of hydrogen-bond donors (Lipinski definition) is 1. The van der Waals surface area contributed by atoms with Gasteiger partial charge >= 0.3 is 6.18 Å². The van der Waals surface area contributed by atoms with E-state index in [0.717, 1.165) is 0 Å². The van der Waals surface area contributed by atoms with Crippen molar-refractivity contribution in [1.29, 1.82) is 0 Å². The number of hydrogen-bond acceptors (Lipinski definition) is 1. The smallest absolute Gasteiger partial charge is 0.316 e. The first-order valence-electron chi connectivity index (χ1n) is 3.59. The summed E-state index contributed by atoms with van der Waals surface area (Å²) in [4.78, 5) is 0. The van der Waals surface area contributed by atoms with E-state index in [1.54, 1.807) is 0 Å². The van der Waals surface area contributed by atoms with Crippen molar-refractivity contribution < 1.29 is 13.2 Å². The van der Waals surface area contributed by atoms with E-state index >= 15 is 0 Å². The lowest BCUT2D eigenvalue weighted by molar-refractivity contribution is -0.149. The lowest BCUT2D eigenvalue weighted by Crippen LogP contribution is -2.28. The number of rotatable bonds is 1. The lowest BCUT2D eigenvalue weighted by Gasteiger charge is -2.17. The molecule has 0 saturated carbocycles. The van der Waals surface area contributed by atoms with Crippen LogP contribution in [0, 0.1) is 0 Å². The fourth-order valence-corrected chi connectivity index (χ4v) is 1.60. The monoisotopic (exact) mass is 323 g/mol. The average molecular weight is 325 g/mol. The zero-order valence-electron chi connectivity index (χ0n) is 7.18. The molecule has 0 aliphatic rings. The Bertz CT molecular complexity index is 343. The minimum Gasteiger partial charge on any atom is -0.316 e. The van der Waals surface area contributed by atoms with E-state index in [1.807, 2.05) is 0 Å². The van der Waals surface area contributed by atoms with Crippen LogP contribution in [0.1, 0.15) is 11.6 Å². The molecule has 0 aromatic heterocycles. The molecule has 0 aliphatic heterocycles. The second-order valence-electron chi connectivity index (χ2n) is 2.69. The van der Waals surface area contributed by atoms with Gasteiger partial charge in [-0.15, -0.1) is 12.4 Å². The van der Waals surface area contributed by atoms with Crippen LogP contribution in [-0.2, 0) is 0 Å². The van der Waals surface area contributed by atoms with E-state index in [2.05, 4.69) is 15.9 Å². The van der Waals surface area contributed by atoms with Crippen molar-refractivity contribution in [1.82, 2.24) is 0 Å². The van der Waals surface area contributed by atoms with Crippen LogP contribution in [-0.4, -0.2) is 6.18 Å². The second-order valence-corrected chi connectivity index (χ2v) is 3.98. The maximum atomic E-state index is 12.3. The highest BCUT2D eigenvalue weighted by molar-refractivity contribution is 9.10. The molecule has 0 amide bonds. The molecule has 0 aliphatic carbocycles. The predicted octanol–water partition coefficient (Wildman–Crippen LogP) is 4.09. The molecule has 0 bridgehead atoms. The molecule has 0 saturated heterocycles. The van der Waals surface area contributed by atoms with Gasteiger partial charge in [-0.1, -0.05) is 27.5 Å². The Morgan fingerprint density at radius 3 is 2.33 bits per heavy atom. The molecule has 15 heavy (non-hydrogen) atoms. The van der Waals surface area contributed by atoms with Crippen molar-refractivity contribution in [2.75, 3.05) is 0 Å². The van der Waals surface area contributed by atoms with Crippen molar-refractivity contribution >= 4 is 39.9 Å². The zero-order valence-corrected chi connectivity index (χ0v) is 10.3. The fraction of sp³-hybridized carbons (Fsp3) is 0.250. The number of halogens is 6. The summed E-state index contributed by atoms with van der Waals surface area (Å²) < 4.78 is 37.1. The summed E-state index contributed by atoms with van der Waals surface area (Å²) in [7, 11) is 0. The molecule has 1 aromatic rings. The molecule has 1 rings (SSSR count). The molecule has 0 spiro atoms. The molecule has 0 unspecified atom stereocenters. The second kappa shape index (κ2) is 5.39. The third-order valence-corrected chi connectivity index (χ3v) is 2.60. The largest absolute Gasteiger partial charge is 0.407 e. The highest BCUT2D eigenvalue weighted by Gasteiger charge is 2.38. The maximum Gasteiger partial charge on any atom is 0.407 e. The summed E-state index contributed by atoms with van der Waals surface area (Å²) in [5.41, 5.74) is 4.96. The molecule has 0 fully saturated rings. The lowest BCUT2D eigenvalue weighted by atomic mass is 10.1. The Morgan fingerprint density at radius 1 is 1.33 bits per heavy atom. The van der Waals surface area contributed by atoms with Crippen LogP contribution in [0.25, 0.3) is 0 Å². The van der Waals surface area contributed by atoms with Gasteiger partial charge in [0.15, 0.2) is 0 Å². The van der Waals surface area contributed by atoms with E-state index in [0.29, 0.717) is 4.47 Å². The Balaban J connectivity index is 0.00000196. The van der Waals surface area contributed by atoms with Gasteiger partial charge in [-0.3, -0.25) is 0 Å². The molecule has 7 heteroatoms. The van der Waals surface area contributed by atoms with Crippen molar-refractivity contribution in [3.8, 4) is 0 Å². The number of alkyl halides is 3. The van der Waals surface area contributed by atoms with E-state index in [1.165, 1.54) is 18.2 Å². The highest BCUT2D eigenvalue weighted by atomic mass is 79.9. The Morgan fingerprint density at radius 2 is 1.87 bits per heavy atom. The number of nitrogens with two attached hydrogens (primary N) is 1. The molecule has 1 atom stereocenters. The normalized spacial score (nSPS) is 13.2. The van der Waals surface area contributed by atoms with E-state index in [-0.39, 0.29) is 23.0 Å². The van der Waals surface area contributed by atoms with Crippen molar-refractivity contribution in [2.45, 2.75) is 12.2 Å². The third-order valence-electron chi connectivity index (χ3n) is 1.65. The van der Waals surface area contributed by atoms with Gasteiger partial charge in [-0.05, 0) is 23.8 Å². The summed E-state index contributed by atoms with van der Waals surface area (Å²) >= 11 is 8.55. The molecular weight excluding hydrogens is 318 g/mol. The van der Waals surface area contributed by atoms with Gasteiger partial charge in [-0.25, -0.2) is 0 Å². The Hall–Kier alpha value is 0.0300. The number of benzene rings is 1. The average Bonchev–Trinajstić information content (AvgIpc) is 2.06. The van der Waals surface area contributed by atoms with E-state index in [4.69, 9.17) is 17.3 Å². The van der Waals surface area contributed by atoms with Crippen LogP contribution in [0.5, 0.6) is 0 Å². The summed E-state index contributed by atoms with van der Waals surface area (Å²) in [6.45, 7) is 0. The standard InChI is InChI=1S/C8H6BrClF3N.ClH/c9-6-2-1-4(10)3-5(6)7(14)8(11,12)13;/h1-3,7H,14H2;1H/t7-;/m0./s1. The maximum absolute atomic E-state index is 12.3. The van der Waals surface area contributed by atoms with Crippen molar-refractivity contribution in [3.63, 3.8) is 0 Å². The predicted molar refractivity (Wildman–Crippen MR) is 59.4 cm³/mol. The first kappa shape index (κ1) is 15.0. The quantitative estimate of drug-likeness (QED) is 0.827. The van der Waals surface area contributed by atoms with Crippen LogP contribution in [0.3, 0.4) is 0 Å². The Labute approximate surface area is 104 Å². The van der Waals surface area contributed by atoms with Gasteiger partial charge in [0.1, 0.15) is 6.04 Å². The SMILES string of the molecule is Cl.N[C@@H](c1cc(Cl)ccc1Br)C(F)(F)F. The van der Waals surface area contributed by atoms with Crippen LogP contribution in [0.4, 0.5) is 13.2 Å². The van der Waals surface area contributed by atoms with Crippen molar-refractivity contribution in [3.05, 3.63) is 33.3 Å². The van der Waals surface area contributed by atoms with Crippen molar-refractivity contribution in [2.24, 2.45) is 5.73 Å². The fourth-order valence-electron chi connectivity index (χ4n) is 0.929. The summed E-state index contributed by atoms with van der Waals surface area (Å²) in [5.74, 6) is 0. The van der Waals surface area contributed by atoms with Gasteiger partial charge in [0.05, 0.1) is 0 Å². The third kappa shape index (κ3) is 3.83. The van der Waals surface area contributed by atoms with E-state index < -0.39 is 12.2 Å². The Kier molecular flexibility index (Phi) is 5.40. The minimum absolute atomic E-state index is 0. The zero-order chi connectivity index (χ0) is 10.9. The highest BCUT2D eigenvalue weighted by Crippen LogP contribution is 2.35. The molecular formula is C8H7BrCl2F3N. The van der Waals surface area contributed by atoms with Gasteiger partial charge in [0, 0.05) is 9.50 Å². The molecule has 1 aromatic carbocycles. The van der Waals surface area contributed by atoms with Crippen LogP contribution >= 0.6 is 39.9 Å². The topological polar surface area (TPSA) is 26.0 Å². The summed E-state index contributed by atoms with van der Waals surface area (Å²) in [5, 5.41) is 0.225. The summed E-state index contributed by atoms with van der Waals surface area (Å²) in [6.07, 6.45) is -4.47. The molecule has 0 radical (unpaired) electrons. The molecule has 0 heterocycles. The van der Waals surface area contributed by atoms with Gasteiger partial charge in [-0.2, -0.15) is 13.2 Å². The molecule has 1 nitrogen and oxygen atoms in total. The van der Waals surface area contributed by atoms with Crippen LogP contribution in [0.2, 0.25) is 5.02 Å². The van der Waals surface area contributed by atoms with Crippen LogP contribution in [0.15, 0.2) is 22.7 Å². The summed E-state index contributed by atoms with van der Waals surface area (Å²) in [6, 6.07) is 2.10. The van der Waals surface area contributed by atoms with Gasteiger partial charge in [0.2, 0.25) is 0 Å². The van der Waals surface area contributed by atoms with Crippen LogP contribution < -0.4 is 5.73 Å². The first-order chi connectivity index (χ1) is 6.32. The molecule has 86 valence electrons. The molecule has 2 N–H and O–H groups in total. The van der Waals surface area contributed by atoms with Gasteiger partial charge < -0.3 is 5.73 Å². The van der Waals surface area contributed by atoms with Gasteiger partial charge in [0.25, 0.3) is 0 Å². The van der Waals surface area contributed by atoms with E-state index in [9.17, 15) is 13.2 Å².